The number of aryl methyl sites for hydroxylation is 1. The van der Waals surface area contributed by atoms with E-state index in [1.54, 1.807) is 0 Å². The van der Waals surface area contributed by atoms with E-state index in [1.165, 1.54) is 22.6 Å². The smallest absolute Gasteiger partial charge is 0.223 e. The fourth-order valence-corrected chi connectivity index (χ4v) is 3.21. The Hall–Kier alpha value is -0.870. The third kappa shape index (κ3) is 3.56. The lowest BCUT2D eigenvalue weighted by Crippen LogP contribution is -2.31. The molecule has 1 aliphatic heterocycles. The van der Waals surface area contributed by atoms with Crippen LogP contribution in [0.15, 0.2) is 12.1 Å². The third-order valence-electron chi connectivity index (χ3n) is 3.44. The van der Waals surface area contributed by atoms with Crippen LogP contribution in [-0.2, 0) is 4.79 Å². The third-order valence-corrected chi connectivity index (χ3v) is 4.62. The second-order valence-corrected chi connectivity index (χ2v) is 6.28. The Morgan fingerprint density at radius 3 is 2.78 bits per heavy atom. The summed E-state index contributed by atoms with van der Waals surface area (Å²) in [6, 6.07) is 4.66. The van der Waals surface area contributed by atoms with E-state index in [0.717, 1.165) is 19.6 Å². The molecule has 0 aromatic carbocycles. The summed E-state index contributed by atoms with van der Waals surface area (Å²) >= 11 is 1.82. The average molecular weight is 266 g/mol. The van der Waals surface area contributed by atoms with Crippen LogP contribution in [-0.4, -0.2) is 30.4 Å². The first-order chi connectivity index (χ1) is 8.66. The van der Waals surface area contributed by atoms with Crippen molar-refractivity contribution < 1.29 is 4.79 Å². The summed E-state index contributed by atoms with van der Waals surface area (Å²) in [5.74, 6) is 0.301. The van der Waals surface area contributed by atoms with Crippen LogP contribution in [0.1, 0.15) is 42.0 Å². The Kier molecular flexibility index (Phi) is 4.78. The number of hydrogen-bond acceptors (Lipinski definition) is 3. The second-order valence-electron chi connectivity index (χ2n) is 4.96. The van der Waals surface area contributed by atoms with E-state index >= 15 is 0 Å². The van der Waals surface area contributed by atoms with Crippen LogP contribution in [0.4, 0.5) is 0 Å². The van der Waals surface area contributed by atoms with Gasteiger partial charge in [0.1, 0.15) is 0 Å². The highest BCUT2D eigenvalue weighted by molar-refractivity contribution is 7.12. The Morgan fingerprint density at radius 1 is 1.44 bits per heavy atom. The molecule has 1 fully saturated rings. The topological polar surface area (TPSA) is 32.3 Å². The minimum atomic E-state index is 0.301. The van der Waals surface area contributed by atoms with Crippen molar-refractivity contribution >= 4 is 17.2 Å². The van der Waals surface area contributed by atoms with Crippen LogP contribution in [0, 0.1) is 6.92 Å². The lowest BCUT2D eigenvalue weighted by molar-refractivity contribution is -0.130. The van der Waals surface area contributed by atoms with Crippen molar-refractivity contribution in [1.82, 2.24) is 10.2 Å². The molecule has 1 aliphatic rings. The monoisotopic (exact) mass is 266 g/mol. The predicted octanol–water partition coefficient (Wildman–Crippen LogP) is 2.72. The van der Waals surface area contributed by atoms with Gasteiger partial charge in [0, 0.05) is 41.9 Å². The predicted molar refractivity (Wildman–Crippen MR) is 75.9 cm³/mol. The number of hydrogen-bond donors (Lipinski definition) is 1. The van der Waals surface area contributed by atoms with Gasteiger partial charge in [0.05, 0.1) is 0 Å². The number of carbonyl (C=O) groups is 1. The van der Waals surface area contributed by atoms with E-state index < -0.39 is 0 Å². The highest BCUT2D eigenvalue weighted by Crippen LogP contribution is 2.22. The summed E-state index contributed by atoms with van der Waals surface area (Å²) in [6.07, 6.45) is 2.96. The molecule has 1 unspecified atom stereocenters. The van der Waals surface area contributed by atoms with Crippen molar-refractivity contribution in [1.29, 1.82) is 0 Å². The maximum absolute atomic E-state index is 11.9. The highest BCUT2D eigenvalue weighted by atomic mass is 32.1. The normalized spacial score (nSPS) is 17.1. The zero-order valence-corrected chi connectivity index (χ0v) is 12.1. The number of rotatable bonds is 5. The average Bonchev–Trinajstić information content (AvgIpc) is 2.99. The van der Waals surface area contributed by atoms with E-state index in [4.69, 9.17) is 0 Å². The van der Waals surface area contributed by atoms with Crippen LogP contribution in [0.2, 0.25) is 0 Å². The van der Waals surface area contributed by atoms with E-state index in [-0.39, 0.29) is 0 Å². The van der Waals surface area contributed by atoms with E-state index in [9.17, 15) is 4.79 Å². The molecule has 2 rings (SSSR count). The molecule has 0 bridgehead atoms. The van der Waals surface area contributed by atoms with Crippen LogP contribution >= 0.6 is 11.3 Å². The standard InChI is InChI=1S/C14H22N2OS/c1-11-5-6-13(18-11)12(2)15-8-7-14(17)16-9-3-4-10-16/h5-6,12,15H,3-4,7-10H2,1-2H3. The molecule has 1 N–H and O–H groups in total. The fraction of sp³-hybridized carbons (Fsp3) is 0.643. The Balaban J connectivity index is 1.70. The van der Waals surface area contributed by atoms with Gasteiger partial charge in [-0.1, -0.05) is 0 Å². The molecular weight excluding hydrogens is 244 g/mol. The number of nitrogens with zero attached hydrogens (tertiary/aromatic N) is 1. The van der Waals surface area contributed by atoms with Gasteiger partial charge >= 0.3 is 0 Å². The van der Waals surface area contributed by atoms with Gasteiger partial charge in [-0.3, -0.25) is 4.79 Å². The van der Waals surface area contributed by atoms with Crippen molar-refractivity contribution in [3.8, 4) is 0 Å². The van der Waals surface area contributed by atoms with Crippen molar-refractivity contribution in [2.45, 2.75) is 39.2 Å². The maximum atomic E-state index is 11.9. The van der Waals surface area contributed by atoms with Gasteiger partial charge in [0.15, 0.2) is 0 Å². The van der Waals surface area contributed by atoms with Gasteiger partial charge in [0.25, 0.3) is 0 Å². The summed E-state index contributed by atoms with van der Waals surface area (Å²) in [7, 11) is 0. The van der Waals surface area contributed by atoms with Crippen molar-refractivity contribution in [2.75, 3.05) is 19.6 Å². The first kappa shape index (κ1) is 13.6. The van der Waals surface area contributed by atoms with E-state index in [1.807, 2.05) is 16.2 Å². The van der Waals surface area contributed by atoms with Crippen molar-refractivity contribution in [3.05, 3.63) is 21.9 Å². The zero-order valence-electron chi connectivity index (χ0n) is 11.2. The molecule has 1 aromatic heterocycles. The summed E-state index contributed by atoms with van der Waals surface area (Å²) in [5.41, 5.74) is 0. The second kappa shape index (κ2) is 6.34. The van der Waals surface area contributed by atoms with Crippen LogP contribution < -0.4 is 5.32 Å². The molecule has 2 heterocycles. The molecule has 0 aliphatic carbocycles. The molecule has 1 saturated heterocycles. The largest absolute Gasteiger partial charge is 0.343 e. The molecule has 3 nitrogen and oxygen atoms in total. The Labute approximate surface area is 113 Å². The minimum absolute atomic E-state index is 0.301. The number of nitrogens with one attached hydrogen (secondary N) is 1. The zero-order chi connectivity index (χ0) is 13.0. The molecule has 18 heavy (non-hydrogen) atoms. The van der Waals surface area contributed by atoms with Gasteiger partial charge in [-0.15, -0.1) is 11.3 Å². The SMILES string of the molecule is Cc1ccc(C(C)NCCC(=O)N2CCCC2)s1. The summed E-state index contributed by atoms with van der Waals surface area (Å²) in [4.78, 5) is 16.5. The summed E-state index contributed by atoms with van der Waals surface area (Å²) in [6.45, 7) is 6.97. The van der Waals surface area contributed by atoms with Gasteiger partial charge in [-0.05, 0) is 38.8 Å². The van der Waals surface area contributed by atoms with Gasteiger partial charge in [-0.2, -0.15) is 0 Å². The van der Waals surface area contributed by atoms with E-state index in [0.29, 0.717) is 18.4 Å². The van der Waals surface area contributed by atoms with Crippen molar-refractivity contribution in [2.24, 2.45) is 0 Å². The van der Waals surface area contributed by atoms with Gasteiger partial charge in [0.2, 0.25) is 5.91 Å². The number of amides is 1. The lowest BCUT2D eigenvalue weighted by atomic mass is 10.2. The van der Waals surface area contributed by atoms with Crippen molar-refractivity contribution in [3.63, 3.8) is 0 Å². The quantitative estimate of drug-likeness (QED) is 0.888. The molecule has 0 radical (unpaired) electrons. The molecule has 1 amide bonds. The summed E-state index contributed by atoms with van der Waals surface area (Å²) in [5, 5.41) is 3.43. The van der Waals surface area contributed by atoms with Crippen LogP contribution in [0.3, 0.4) is 0 Å². The number of thiophene rings is 1. The fourth-order valence-electron chi connectivity index (χ4n) is 2.31. The minimum Gasteiger partial charge on any atom is -0.343 e. The lowest BCUT2D eigenvalue weighted by Gasteiger charge is -2.16. The molecule has 0 saturated carbocycles. The molecule has 1 aromatic rings. The van der Waals surface area contributed by atoms with E-state index in [2.05, 4.69) is 31.3 Å². The number of likely N-dealkylation sites (tertiary alicyclic amines) is 1. The first-order valence-corrected chi connectivity index (χ1v) is 7.56. The molecule has 100 valence electrons. The summed E-state index contributed by atoms with van der Waals surface area (Å²) < 4.78 is 0. The first-order valence-electron chi connectivity index (χ1n) is 6.74. The molecule has 0 spiro atoms. The van der Waals surface area contributed by atoms with Gasteiger partial charge in [-0.25, -0.2) is 0 Å². The maximum Gasteiger partial charge on any atom is 0.223 e. The number of carbonyl (C=O) groups excluding carboxylic acids is 1. The molecular formula is C14H22N2OS. The van der Waals surface area contributed by atoms with Gasteiger partial charge < -0.3 is 10.2 Å². The molecule has 1 atom stereocenters. The van der Waals surface area contributed by atoms with Crippen LogP contribution in [0.25, 0.3) is 0 Å². The molecule has 4 heteroatoms. The Bertz CT molecular complexity index is 396. The Morgan fingerprint density at radius 2 is 2.17 bits per heavy atom. The highest BCUT2D eigenvalue weighted by Gasteiger charge is 2.17. The van der Waals surface area contributed by atoms with Crippen LogP contribution in [0.5, 0.6) is 0 Å².